The molecule has 1 aromatic heterocycles. The number of hydrogen-bond donors (Lipinski definition) is 1. The van der Waals surface area contributed by atoms with Crippen LogP contribution in [0.2, 0.25) is 5.02 Å². The normalized spacial score (nSPS) is 12.3. The van der Waals surface area contributed by atoms with E-state index in [9.17, 15) is 4.79 Å². The molecule has 0 aliphatic heterocycles. The first kappa shape index (κ1) is 20.1. The van der Waals surface area contributed by atoms with E-state index in [2.05, 4.69) is 12.1 Å². The fraction of sp³-hybridized carbons (Fsp3) is 0.273. The van der Waals surface area contributed by atoms with Gasteiger partial charge in [0.1, 0.15) is 0 Å². The Morgan fingerprint density at radius 2 is 1.86 bits per heavy atom. The molecule has 1 atom stereocenters. The first-order valence-corrected chi connectivity index (χ1v) is 9.57. The summed E-state index contributed by atoms with van der Waals surface area (Å²) in [5.74, 6) is -1.21. The maximum atomic E-state index is 11.2. The van der Waals surface area contributed by atoms with Crippen LogP contribution in [0, 0.1) is 5.92 Å². The first-order chi connectivity index (χ1) is 13.4. The minimum absolute atomic E-state index is 0.427. The number of aromatic nitrogens is 2. The van der Waals surface area contributed by atoms with E-state index in [4.69, 9.17) is 21.8 Å². The van der Waals surface area contributed by atoms with Crippen molar-refractivity contribution in [3.05, 3.63) is 76.9 Å². The van der Waals surface area contributed by atoms with Gasteiger partial charge in [0.2, 0.25) is 0 Å². The summed E-state index contributed by atoms with van der Waals surface area (Å²) in [4.78, 5) is 13.2. The van der Waals surface area contributed by atoms with Gasteiger partial charge < -0.3 is 10.0 Å². The maximum Gasteiger partial charge on any atom is 0.307 e. The monoisotopic (exact) mass is 397 g/mol. The summed E-state index contributed by atoms with van der Waals surface area (Å²) < 4.78 is 1.93. The predicted molar refractivity (Wildman–Crippen MR) is 111 cm³/mol. The lowest BCUT2D eigenvalue weighted by atomic mass is 10.1. The summed E-state index contributed by atoms with van der Waals surface area (Å²) in [5.41, 5.74) is 4.11. The Morgan fingerprint density at radius 1 is 1.18 bits per heavy atom. The van der Waals surface area contributed by atoms with Crippen LogP contribution in [0.1, 0.15) is 18.1 Å². The van der Waals surface area contributed by atoms with E-state index in [0.29, 0.717) is 24.7 Å². The summed E-state index contributed by atoms with van der Waals surface area (Å²) in [7, 11) is 1.93. The van der Waals surface area contributed by atoms with Crippen molar-refractivity contribution in [3.63, 3.8) is 0 Å². The Kier molecular flexibility index (Phi) is 6.49. The molecule has 0 bridgehead atoms. The Labute approximate surface area is 170 Å². The van der Waals surface area contributed by atoms with Gasteiger partial charge in [0.05, 0.1) is 18.2 Å². The third kappa shape index (κ3) is 5.21. The van der Waals surface area contributed by atoms with Crippen molar-refractivity contribution < 1.29 is 9.90 Å². The molecular formula is C22H24ClN3O2. The lowest BCUT2D eigenvalue weighted by Crippen LogP contribution is -2.28. The number of hydrogen-bond acceptors (Lipinski definition) is 3. The topological polar surface area (TPSA) is 58.4 Å². The van der Waals surface area contributed by atoms with Gasteiger partial charge in [-0.2, -0.15) is 5.10 Å². The fourth-order valence-electron chi connectivity index (χ4n) is 3.18. The van der Waals surface area contributed by atoms with Gasteiger partial charge >= 0.3 is 5.97 Å². The molecule has 1 N–H and O–H groups in total. The van der Waals surface area contributed by atoms with Gasteiger partial charge in [-0.15, -0.1) is 0 Å². The van der Waals surface area contributed by atoms with Crippen LogP contribution >= 0.6 is 11.6 Å². The number of halogens is 1. The summed E-state index contributed by atoms with van der Waals surface area (Å²) in [5, 5.41) is 14.7. The van der Waals surface area contributed by atoms with Crippen molar-refractivity contribution in [1.82, 2.24) is 14.7 Å². The molecule has 1 unspecified atom stereocenters. The summed E-state index contributed by atoms with van der Waals surface area (Å²) in [6.07, 6.45) is 2.04. The molecule has 3 rings (SSSR count). The highest BCUT2D eigenvalue weighted by Gasteiger charge is 2.17. The fourth-order valence-corrected chi connectivity index (χ4v) is 3.31. The van der Waals surface area contributed by atoms with Gasteiger partial charge in [-0.25, -0.2) is 0 Å². The van der Waals surface area contributed by atoms with Crippen molar-refractivity contribution in [2.45, 2.75) is 20.0 Å². The highest BCUT2D eigenvalue weighted by atomic mass is 35.5. The highest BCUT2D eigenvalue weighted by Crippen LogP contribution is 2.25. The average molecular weight is 398 g/mol. The summed E-state index contributed by atoms with van der Waals surface area (Å²) in [6.45, 7) is 3.48. The molecule has 0 fully saturated rings. The predicted octanol–water partition coefficient (Wildman–Crippen LogP) is 4.40. The number of carbonyl (C=O) groups is 1. The molecule has 5 nitrogen and oxygen atoms in total. The molecule has 146 valence electrons. The van der Waals surface area contributed by atoms with Crippen LogP contribution in [-0.4, -0.2) is 39.3 Å². The standard InChI is InChI=1S/C22H24ClN3O2/c1-16(22(27)28)12-25(2)14-19-15-26(13-17-6-4-3-5-7-17)24-21(19)18-8-10-20(23)11-9-18/h3-11,15-16H,12-14H2,1-2H3,(H,27,28). The largest absolute Gasteiger partial charge is 0.481 e. The molecule has 0 radical (unpaired) electrons. The molecule has 2 aromatic carbocycles. The second-order valence-electron chi connectivity index (χ2n) is 7.13. The molecule has 0 saturated heterocycles. The van der Waals surface area contributed by atoms with Crippen LogP contribution in [0.4, 0.5) is 0 Å². The van der Waals surface area contributed by atoms with Crippen molar-refractivity contribution in [1.29, 1.82) is 0 Å². The van der Waals surface area contributed by atoms with Crippen molar-refractivity contribution >= 4 is 17.6 Å². The zero-order chi connectivity index (χ0) is 20.1. The maximum absolute atomic E-state index is 11.2. The van der Waals surface area contributed by atoms with Crippen LogP contribution < -0.4 is 0 Å². The smallest absolute Gasteiger partial charge is 0.307 e. The van der Waals surface area contributed by atoms with E-state index < -0.39 is 11.9 Å². The number of rotatable bonds is 8. The van der Waals surface area contributed by atoms with Gasteiger partial charge in [-0.05, 0) is 24.7 Å². The Bertz CT molecular complexity index is 923. The minimum atomic E-state index is -0.787. The summed E-state index contributed by atoms with van der Waals surface area (Å²) in [6, 6.07) is 17.8. The van der Waals surface area contributed by atoms with Crippen molar-refractivity contribution in [2.75, 3.05) is 13.6 Å². The van der Waals surface area contributed by atoms with Crippen LogP contribution in [-0.2, 0) is 17.9 Å². The quantitative estimate of drug-likeness (QED) is 0.611. The SMILES string of the molecule is CC(CN(C)Cc1cn(Cc2ccccc2)nc1-c1ccc(Cl)cc1)C(=O)O. The van der Waals surface area contributed by atoms with Crippen LogP contribution in [0.5, 0.6) is 0 Å². The van der Waals surface area contributed by atoms with Gasteiger partial charge in [-0.3, -0.25) is 9.48 Å². The second kappa shape index (κ2) is 9.04. The molecule has 0 spiro atoms. The molecule has 3 aromatic rings. The average Bonchev–Trinajstić information content (AvgIpc) is 3.05. The van der Waals surface area contributed by atoms with Crippen LogP contribution in [0.25, 0.3) is 11.3 Å². The Morgan fingerprint density at radius 3 is 2.50 bits per heavy atom. The number of carboxylic acids is 1. The van der Waals surface area contributed by atoms with E-state index in [0.717, 1.165) is 16.8 Å². The van der Waals surface area contributed by atoms with Crippen LogP contribution in [0.15, 0.2) is 60.8 Å². The van der Waals surface area contributed by atoms with E-state index >= 15 is 0 Å². The van der Waals surface area contributed by atoms with Crippen LogP contribution in [0.3, 0.4) is 0 Å². The molecular weight excluding hydrogens is 374 g/mol. The Balaban J connectivity index is 1.87. The van der Waals surface area contributed by atoms with E-state index in [1.807, 2.05) is 65.3 Å². The zero-order valence-corrected chi connectivity index (χ0v) is 16.8. The minimum Gasteiger partial charge on any atom is -0.481 e. The van der Waals surface area contributed by atoms with Gasteiger partial charge in [0.25, 0.3) is 0 Å². The van der Waals surface area contributed by atoms with Crippen molar-refractivity contribution in [3.8, 4) is 11.3 Å². The van der Waals surface area contributed by atoms with Gasteiger partial charge in [0, 0.05) is 35.4 Å². The van der Waals surface area contributed by atoms with Crippen molar-refractivity contribution in [2.24, 2.45) is 5.92 Å². The van der Waals surface area contributed by atoms with E-state index in [1.54, 1.807) is 6.92 Å². The molecule has 0 saturated carbocycles. The number of nitrogens with zero attached hydrogens (tertiary/aromatic N) is 3. The molecule has 28 heavy (non-hydrogen) atoms. The lowest BCUT2D eigenvalue weighted by molar-refractivity contribution is -0.141. The molecule has 0 amide bonds. The third-order valence-electron chi connectivity index (χ3n) is 4.59. The molecule has 0 aliphatic carbocycles. The Hall–Kier alpha value is -2.63. The van der Waals surface area contributed by atoms with E-state index in [-0.39, 0.29) is 0 Å². The molecule has 1 heterocycles. The second-order valence-corrected chi connectivity index (χ2v) is 7.57. The van der Waals surface area contributed by atoms with E-state index in [1.165, 1.54) is 5.56 Å². The molecule has 0 aliphatic rings. The molecule has 6 heteroatoms. The number of aliphatic carboxylic acids is 1. The highest BCUT2D eigenvalue weighted by molar-refractivity contribution is 6.30. The zero-order valence-electron chi connectivity index (χ0n) is 16.0. The third-order valence-corrected chi connectivity index (χ3v) is 4.84. The number of carboxylic acid groups (broad SMARTS) is 1. The number of benzene rings is 2. The van der Waals surface area contributed by atoms with Gasteiger partial charge in [-0.1, -0.05) is 61.0 Å². The summed E-state index contributed by atoms with van der Waals surface area (Å²) >= 11 is 6.03. The lowest BCUT2D eigenvalue weighted by Gasteiger charge is -2.18. The first-order valence-electron chi connectivity index (χ1n) is 9.20. The van der Waals surface area contributed by atoms with Gasteiger partial charge in [0.15, 0.2) is 0 Å².